The molecule has 2 heteroatoms. The van der Waals surface area contributed by atoms with E-state index in [2.05, 4.69) is 4.99 Å². The van der Waals surface area contributed by atoms with Crippen molar-refractivity contribution in [2.24, 2.45) is 4.99 Å². The van der Waals surface area contributed by atoms with Crippen molar-refractivity contribution in [1.82, 2.24) is 0 Å². The topological polar surface area (TPSA) is 12.4 Å². The Balaban J connectivity index is 4.10. The average molecular weight is 129 g/mol. The molecular formula is C7H12FN. The summed E-state index contributed by atoms with van der Waals surface area (Å²) in [6.45, 7) is 3.68. The van der Waals surface area contributed by atoms with Crippen LogP contribution in [0.25, 0.3) is 0 Å². The summed E-state index contributed by atoms with van der Waals surface area (Å²) in [6.07, 6.45) is 1.98. The molecule has 0 heterocycles. The van der Waals surface area contributed by atoms with E-state index in [1.165, 1.54) is 6.21 Å². The first-order valence-corrected chi connectivity index (χ1v) is 2.99. The minimum atomic E-state index is -0.208. The van der Waals surface area contributed by atoms with E-state index < -0.39 is 0 Å². The molecule has 0 saturated heterocycles. The summed E-state index contributed by atoms with van der Waals surface area (Å²) in [4.78, 5) is 3.55. The second-order valence-corrected chi connectivity index (χ2v) is 1.87. The molecule has 0 spiro atoms. The summed E-state index contributed by atoms with van der Waals surface area (Å²) in [5.74, 6) is -0.208. The Morgan fingerprint density at radius 3 is 2.56 bits per heavy atom. The van der Waals surface area contributed by atoms with Crippen LogP contribution in [0.2, 0.25) is 0 Å². The van der Waals surface area contributed by atoms with E-state index in [1.807, 2.05) is 6.92 Å². The number of allylic oxidation sites excluding steroid dienone is 2. The van der Waals surface area contributed by atoms with E-state index >= 15 is 0 Å². The number of nitrogens with zero attached hydrogens (tertiary/aromatic N) is 1. The molecular weight excluding hydrogens is 117 g/mol. The average Bonchev–Trinajstić information content (AvgIpc) is 1.87. The number of hydrogen-bond acceptors (Lipinski definition) is 1. The van der Waals surface area contributed by atoms with E-state index in [-0.39, 0.29) is 5.83 Å². The molecule has 0 N–H and O–H groups in total. The quantitative estimate of drug-likeness (QED) is 0.507. The Labute approximate surface area is 55.3 Å². The summed E-state index contributed by atoms with van der Waals surface area (Å²) >= 11 is 0. The molecule has 0 fully saturated rings. The van der Waals surface area contributed by atoms with E-state index in [9.17, 15) is 4.39 Å². The van der Waals surface area contributed by atoms with Crippen LogP contribution in [0.4, 0.5) is 4.39 Å². The molecule has 0 aromatic rings. The second-order valence-electron chi connectivity index (χ2n) is 1.87. The largest absolute Gasteiger partial charge is 0.293 e. The zero-order chi connectivity index (χ0) is 7.28. The van der Waals surface area contributed by atoms with Gasteiger partial charge in [-0.05, 0) is 18.9 Å². The van der Waals surface area contributed by atoms with Crippen molar-refractivity contribution in [3.05, 3.63) is 11.4 Å². The fourth-order valence-corrected chi connectivity index (χ4v) is 0.392. The Hall–Kier alpha value is -0.660. The first kappa shape index (κ1) is 8.34. The van der Waals surface area contributed by atoms with Gasteiger partial charge in [0.2, 0.25) is 0 Å². The van der Waals surface area contributed by atoms with Crippen molar-refractivity contribution in [2.45, 2.75) is 20.3 Å². The fraction of sp³-hybridized carbons (Fsp3) is 0.571. The van der Waals surface area contributed by atoms with Crippen molar-refractivity contribution >= 4 is 6.21 Å². The number of aliphatic imine (C=N–C) groups is 1. The van der Waals surface area contributed by atoms with Gasteiger partial charge in [0.05, 0.1) is 6.21 Å². The Bertz CT molecular complexity index is 136. The van der Waals surface area contributed by atoms with E-state index in [0.29, 0.717) is 0 Å². The van der Waals surface area contributed by atoms with Gasteiger partial charge in [0.15, 0.2) is 0 Å². The minimum Gasteiger partial charge on any atom is -0.293 e. The molecule has 0 aliphatic rings. The molecule has 0 bridgehead atoms. The van der Waals surface area contributed by atoms with Gasteiger partial charge in [-0.1, -0.05) is 6.92 Å². The van der Waals surface area contributed by atoms with Crippen molar-refractivity contribution in [3.63, 3.8) is 0 Å². The third-order valence-corrected chi connectivity index (χ3v) is 1.18. The predicted molar refractivity (Wildman–Crippen MR) is 38.5 cm³/mol. The van der Waals surface area contributed by atoms with Gasteiger partial charge in [0.1, 0.15) is 5.83 Å². The van der Waals surface area contributed by atoms with Crippen LogP contribution in [0.1, 0.15) is 20.3 Å². The maximum atomic E-state index is 12.5. The van der Waals surface area contributed by atoms with Crippen LogP contribution in [-0.2, 0) is 0 Å². The second kappa shape index (κ2) is 4.24. The predicted octanol–water partition coefficient (Wildman–Crippen LogP) is 2.34. The first-order valence-electron chi connectivity index (χ1n) is 2.99. The molecule has 1 nitrogen and oxygen atoms in total. The number of hydrogen-bond donors (Lipinski definition) is 0. The molecule has 0 rings (SSSR count). The molecule has 9 heavy (non-hydrogen) atoms. The number of rotatable bonds is 2. The lowest BCUT2D eigenvalue weighted by molar-refractivity contribution is 0.667. The lowest BCUT2D eigenvalue weighted by Crippen LogP contribution is -1.81. The molecule has 0 amide bonds. The van der Waals surface area contributed by atoms with Crippen molar-refractivity contribution < 1.29 is 4.39 Å². The highest BCUT2D eigenvalue weighted by Crippen LogP contribution is 2.05. The Morgan fingerprint density at radius 2 is 2.22 bits per heavy atom. The lowest BCUT2D eigenvalue weighted by atomic mass is 10.2. The van der Waals surface area contributed by atoms with Gasteiger partial charge in [-0.25, -0.2) is 4.39 Å². The first-order chi connectivity index (χ1) is 4.22. The van der Waals surface area contributed by atoms with E-state index in [4.69, 9.17) is 0 Å². The SMILES string of the molecule is CC/C(C)=C(/F)C=NC. The third-order valence-electron chi connectivity index (χ3n) is 1.18. The summed E-state index contributed by atoms with van der Waals surface area (Å²) in [7, 11) is 1.56. The van der Waals surface area contributed by atoms with Gasteiger partial charge in [-0.3, -0.25) is 4.99 Å². The van der Waals surface area contributed by atoms with Crippen LogP contribution < -0.4 is 0 Å². The van der Waals surface area contributed by atoms with Gasteiger partial charge >= 0.3 is 0 Å². The van der Waals surface area contributed by atoms with E-state index in [0.717, 1.165) is 12.0 Å². The summed E-state index contributed by atoms with van der Waals surface area (Å²) < 4.78 is 12.5. The van der Waals surface area contributed by atoms with Gasteiger partial charge in [0, 0.05) is 7.05 Å². The maximum Gasteiger partial charge on any atom is 0.139 e. The smallest absolute Gasteiger partial charge is 0.139 e. The highest BCUT2D eigenvalue weighted by molar-refractivity contribution is 5.76. The molecule has 0 aliphatic heterocycles. The summed E-state index contributed by atoms with van der Waals surface area (Å²) in [5, 5.41) is 0. The molecule has 0 saturated carbocycles. The Morgan fingerprint density at radius 1 is 1.67 bits per heavy atom. The highest BCUT2D eigenvalue weighted by atomic mass is 19.1. The van der Waals surface area contributed by atoms with Crippen LogP contribution >= 0.6 is 0 Å². The number of halogens is 1. The van der Waals surface area contributed by atoms with Crippen LogP contribution in [0.15, 0.2) is 16.4 Å². The highest BCUT2D eigenvalue weighted by Gasteiger charge is 1.92. The molecule has 52 valence electrons. The van der Waals surface area contributed by atoms with Crippen LogP contribution in [-0.4, -0.2) is 13.3 Å². The molecule has 0 aliphatic carbocycles. The van der Waals surface area contributed by atoms with Crippen molar-refractivity contribution in [2.75, 3.05) is 7.05 Å². The minimum absolute atomic E-state index is 0.208. The molecule has 0 unspecified atom stereocenters. The van der Waals surface area contributed by atoms with Gasteiger partial charge in [-0.2, -0.15) is 0 Å². The molecule has 0 aromatic heterocycles. The molecule has 0 aromatic carbocycles. The fourth-order valence-electron chi connectivity index (χ4n) is 0.392. The van der Waals surface area contributed by atoms with Crippen molar-refractivity contribution in [1.29, 1.82) is 0 Å². The molecule has 0 radical (unpaired) electrons. The van der Waals surface area contributed by atoms with E-state index in [1.54, 1.807) is 14.0 Å². The third kappa shape index (κ3) is 3.01. The van der Waals surface area contributed by atoms with Crippen LogP contribution in [0.5, 0.6) is 0 Å². The van der Waals surface area contributed by atoms with Gasteiger partial charge in [0.25, 0.3) is 0 Å². The standard InChI is InChI=1S/C7H12FN/c1-4-6(2)7(8)5-9-3/h5H,4H2,1-3H3/b7-6+,9-5?. The zero-order valence-electron chi connectivity index (χ0n) is 6.11. The summed E-state index contributed by atoms with van der Waals surface area (Å²) in [6, 6.07) is 0. The van der Waals surface area contributed by atoms with Crippen LogP contribution in [0.3, 0.4) is 0 Å². The molecule has 0 atom stereocenters. The van der Waals surface area contributed by atoms with Gasteiger partial charge < -0.3 is 0 Å². The normalized spacial score (nSPS) is 14.2. The lowest BCUT2D eigenvalue weighted by Gasteiger charge is -1.92. The van der Waals surface area contributed by atoms with Crippen molar-refractivity contribution in [3.8, 4) is 0 Å². The van der Waals surface area contributed by atoms with Gasteiger partial charge in [-0.15, -0.1) is 0 Å². The zero-order valence-corrected chi connectivity index (χ0v) is 6.11. The summed E-state index contributed by atoms with van der Waals surface area (Å²) in [5.41, 5.74) is 0.751. The monoisotopic (exact) mass is 129 g/mol. The maximum absolute atomic E-state index is 12.5. The van der Waals surface area contributed by atoms with Crippen LogP contribution in [0, 0.1) is 0 Å². The Kier molecular flexibility index (Phi) is 3.93.